The van der Waals surface area contributed by atoms with Crippen LogP contribution in [-0.2, 0) is 0 Å². The SMILES string of the molecule is c1ccc(-c2ccc(-c3c4ccccc4c(-c4cccc5oc6cc(-c7ccccc7)ccc6c45)c4ccccc34)cc2)cc1. The molecule has 1 heteroatoms. The highest BCUT2D eigenvalue weighted by molar-refractivity contribution is 6.25. The van der Waals surface area contributed by atoms with Gasteiger partial charge in [0.25, 0.3) is 0 Å². The molecular formula is C44H28O. The van der Waals surface area contributed by atoms with E-state index in [-0.39, 0.29) is 0 Å². The third-order valence-corrected chi connectivity index (χ3v) is 9.09. The van der Waals surface area contributed by atoms with Crippen molar-refractivity contribution >= 4 is 43.5 Å². The zero-order valence-corrected chi connectivity index (χ0v) is 24.6. The smallest absolute Gasteiger partial charge is 0.136 e. The summed E-state index contributed by atoms with van der Waals surface area (Å²) in [4.78, 5) is 0. The van der Waals surface area contributed by atoms with Gasteiger partial charge in [0.05, 0.1) is 0 Å². The van der Waals surface area contributed by atoms with Crippen LogP contribution in [0.4, 0.5) is 0 Å². The number of furan rings is 1. The van der Waals surface area contributed by atoms with Crippen LogP contribution in [0.25, 0.3) is 88.0 Å². The van der Waals surface area contributed by atoms with E-state index in [0.29, 0.717) is 0 Å². The lowest BCUT2D eigenvalue weighted by molar-refractivity contribution is 0.669. The minimum Gasteiger partial charge on any atom is -0.456 e. The first kappa shape index (κ1) is 25.6. The van der Waals surface area contributed by atoms with E-state index in [1.807, 2.05) is 0 Å². The second-order valence-electron chi connectivity index (χ2n) is 11.6. The molecule has 0 aliphatic rings. The van der Waals surface area contributed by atoms with Crippen LogP contribution in [0, 0.1) is 0 Å². The van der Waals surface area contributed by atoms with E-state index < -0.39 is 0 Å². The normalized spacial score (nSPS) is 11.6. The van der Waals surface area contributed by atoms with Crippen LogP contribution < -0.4 is 0 Å². The van der Waals surface area contributed by atoms with Gasteiger partial charge in [-0.3, -0.25) is 0 Å². The highest BCUT2D eigenvalue weighted by Gasteiger charge is 2.20. The highest BCUT2D eigenvalue weighted by atomic mass is 16.3. The van der Waals surface area contributed by atoms with Gasteiger partial charge in [-0.25, -0.2) is 0 Å². The minimum absolute atomic E-state index is 0.904. The van der Waals surface area contributed by atoms with Gasteiger partial charge in [0.1, 0.15) is 11.2 Å². The van der Waals surface area contributed by atoms with Crippen molar-refractivity contribution in [1.82, 2.24) is 0 Å². The van der Waals surface area contributed by atoms with Gasteiger partial charge in [-0.05, 0) is 84.3 Å². The molecule has 210 valence electrons. The predicted octanol–water partition coefficient (Wildman–Crippen LogP) is 12.6. The Balaban J connectivity index is 1.30. The molecule has 45 heavy (non-hydrogen) atoms. The Kier molecular flexibility index (Phi) is 5.89. The summed E-state index contributed by atoms with van der Waals surface area (Å²) in [6.07, 6.45) is 0. The largest absolute Gasteiger partial charge is 0.456 e. The Morgan fingerprint density at radius 1 is 0.289 bits per heavy atom. The zero-order valence-electron chi connectivity index (χ0n) is 24.6. The van der Waals surface area contributed by atoms with Crippen LogP contribution in [-0.4, -0.2) is 0 Å². The Morgan fingerprint density at radius 2 is 0.778 bits per heavy atom. The molecule has 8 aromatic carbocycles. The third kappa shape index (κ3) is 4.17. The first-order chi connectivity index (χ1) is 22.3. The number of hydrogen-bond donors (Lipinski definition) is 0. The van der Waals surface area contributed by atoms with Crippen LogP contribution in [0.15, 0.2) is 174 Å². The standard InChI is InChI=1S/C44H28O/c1-3-12-29(13-4-1)31-22-24-32(25-23-31)42-34-16-7-9-18-36(34)43(37-19-10-8-17-35(37)42)39-20-11-21-40-44(39)38-27-26-33(28-41(38)45-40)30-14-5-2-6-15-30/h1-28H. The van der Waals surface area contributed by atoms with Gasteiger partial charge in [0, 0.05) is 10.8 Å². The molecule has 9 aromatic rings. The molecule has 0 spiro atoms. The summed E-state index contributed by atoms with van der Waals surface area (Å²) in [5.74, 6) is 0. The summed E-state index contributed by atoms with van der Waals surface area (Å²) in [5, 5.41) is 7.25. The van der Waals surface area contributed by atoms with Crippen LogP contribution in [0.3, 0.4) is 0 Å². The van der Waals surface area contributed by atoms with E-state index in [1.165, 1.54) is 60.5 Å². The quantitative estimate of drug-likeness (QED) is 0.191. The summed E-state index contributed by atoms with van der Waals surface area (Å²) in [7, 11) is 0. The van der Waals surface area contributed by atoms with E-state index in [1.54, 1.807) is 0 Å². The molecule has 9 rings (SSSR count). The average molecular weight is 573 g/mol. The molecule has 0 aliphatic heterocycles. The molecule has 0 atom stereocenters. The van der Waals surface area contributed by atoms with Gasteiger partial charge in [0.2, 0.25) is 0 Å². The molecule has 0 saturated carbocycles. The monoisotopic (exact) mass is 572 g/mol. The first-order valence-corrected chi connectivity index (χ1v) is 15.4. The molecule has 0 fully saturated rings. The molecular weight excluding hydrogens is 544 g/mol. The molecule has 0 unspecified atom stereocenters. The highest BCUT2D eigenvalue weighted by Crippen LogP contribution is 2.47. The van der Waals surface area contributed by atoms with E-state index in [2.05, 4.69) is 170 Å². The van der Waals surface area contributed by atoms with Crippen LogP contribution in [0.1, 0.15) is 0 Å². The summed E-state index contributed by atoms with van der Waals surface area (Å²) in [5.41, 5.74) is 11.5. The zero-order chi connectivity index (χ0) is 29.7. The summed E-state index contributed by atoms with van der Waals surface area (Å²) >= 11 is 0. The first-order valence-electron chi connectivity index (χ1n) is 15.4. The van der Waals surface area contributed by atoms with Crippen LogP contribution >= 0.6 is 0 Å². The molecule has 0 N–H and O–H groups in total. The van der Waals surface area contributed by atoms with E-state index in [0.717, 1.165) is 27.5 Å². The molecule has 0 bridgehead atoms. The topological polar surface area (TPSA) is 13.1 Å². The van der Waals surface area contributed by atoms with Gasteiger partial charge < -0.3 is 4.42 Å². The van der Waals surface area contributed by atoms with Gasteiger partial charge in [0.15, 0.2) is 0 Å². The Labute approximate surface area is 261 Å². The van der Waals surface area contributed by atoms with Crippen molar-refractivity contribution in [3.05, 3.63) is 170 Å². The van der Waals surface area contributed by atoms with E-state index in [9.17, 15) is 0 Å². The van der Waals surface area contributed by atoms with Crippen molar-refractivity contribution in [2.24, 2.45) is 0 Å². The van der Waals surface area contributed by atoms with Crippen molar-refractivity contribution in [1.29, 1.82) is 0 Å². The Morgan fingerprint density at radius 3 is 1.40 bits per heavy atom. The maximum Gasteiger partial charge on any atom is 0.136 e. The molecule has 0 amide bonds. The second kappa shape index (κ2) is 10.4. The molecule has 0 saturated heterocycles. The van der Waals surface area contributed by atoms with Crippen molar-refractivity contribution in [3.8, 4) is 44.5 Å². The number of hydrogen-bond acceptors (Lipinski definition) is 1. The minimum atomic E-state index is 0.904. The molecule has 1 heterocycles. The summed E-state index contributed by atoms with van der Waals surface area (Å²) in [6.45, 7) is 0. The fourth-order valence-electron chi connectivity index (χ4n) is 7.03. The van der Waals surface area contributed by atoms with Crippen molar-refractivity contribution in [3.63, 3.8) is 0 Å². The van der Waals surface area contributed by atoms with E-state index >= 15 is 0 Å². The number of rotatable bonds is 4. The Bertz CT molecular complexity index is 2450. The van der Waals surface area contributed by atoms with Gasteiger partial charge >= 0.3 is 0 Å². The molecule has 1 aromatic heterocycles. The predicted molar refractivity (Wildman–Crippen MR) is 190 cm³/mol. The van der Waals surface area contributed by atoms with E-state index in [4.69, 9.17) is 4.42 Å². The molecule has 0 radical (unpaired) electrons. The lowest BCUT2D eigenvalue weighted by Crippen LogP contribution is -1.91. The van der Waals surface area contributed by atoms with Crippen molar-refractivity contribution < 1.29 is 4.42 Å². The fourth-order valence-corrected chi connectivity index (χ4v) is 7.03. The molecule has 1 nitrogen and oxygen atoms in total. The maximum absolute atomic E-state index is 6.54. The summed E-state index contributed by atoms with van der Waals surface area (Å²) in [6, 6.07) is 60.9. The van der Waals surface area contributed by atoms with Gasteiger partial charge in [-0.2, -0.15) is 0 Å². The average Bonchev–Trinajstić information content (AvgIpc) is 3.50. The van der Waals surface area contributed by atoms with Crippen molar-refractivity contribution in [2.45, 2.75) is 0 Å². The maximum atomic E-state index is 6.54. The van der Waals surface area contributed by atoms with Gasteiger partial charge in [-0.1, -0.05) is 152 Å². The summed E-state index contributed by atoms with van der Waals surface area (Å²) < 4.78 is 6.54. The van der Waals surface area contributed by atoms with Crippen molar-refractivity contribution in [2.75, 3.05) is 0 Å². The van der Waals surface area contributed by atoms with Gasteiger partial charge in [-0.15, -0.1) is 0 Å². The number of benzene rings is 8. The van der Waals surface area contributed by atoms with Crippen LogP contribution in [0.5, 0.6) is 0 Å². The molecule has 0 aliphatic carbocycles. The lowest BCUT2D eigenvalue weighted by atomic mass is 9.84. The second-order valence-corrected chi connectivity index (χ2v) is 11.6. The number of fused-ring (bicyclic) bond motifs is 5. The Hall–Kier alpha value is -5.92. The fraction of sp³-hybridized carbons (Fsp3) is 0. The third-order valence-electron chi connectivity index (χ3n) is 9.09. The van der Waals surface area contributed by atoms with Crippen LogP contribution in [0.2, 0.25) is 0 Å². The lowest BCUT2D eigenvalue weighted by Gasteiger charge is -2.18.